The van der Waals surface area contributed by atoms with Crippen LogP contribution in [0.15, 0.2) is 103 Å². The molecule has 0 aliphatic carbocycles. The molecule has 0 aromatic heterocycles. The SMILES string of the molecule is C[C@H]1[C@H]([Si](C)(C)F)[C@@H](CC(=O)N(CCO)Cc2ccccc2)O[C@]12C(=O)N(Cc1cccc(N(C=O)c3ccccc3)c1)c1ccc([N+](=O)[O-])cc12. The van der Waals surface area contributed by atoms with Gasteiger partial charge in [0.2, 0.25) is 20.7 Å². The van der Waals surface area contributed by atoms with Crippen LogP contribution in [0.25, 0.3) is 0 Å². The highest BCUT2D eigenvalue weighted by atomic mass is 28.4. The van der Waals surface area contributed by atoms with Gasteiger partial charge in [0.15, 0.2) is 5.60 Å². The van der Waals surface area contributed by atoms with Gasteiger partial charge in [-0.1, -0.05) is 67.6 Å². The van der Waals surface area contributed by atoms with E-state index in [4.69, 9.17) is 4.74 Å². The van der Waals surface area contributed by atoms with Crippen molar-refractivity contribution < 1.29 is 33.3 Å². The highest BCUT2D eigenvalue weighted by Crippen LogP contribution is 2.60. The van der Waals surface area contributed by atoms with Crippen molar-refractivity contribution in [1.82, 2.24) is 4.90 Å². The Morgan fingerprint density at radius 1 is 1.00 bits per heavy atom. The molecule has 0 saturated carbocycles. The lowest BCUT2D eigenvalue weighted by atomic mass is 9.82. The molecule has 6 rings (SSSR count). The highest BCUT2D eigenvalue weighted by molar-refractivity contribution is 6.72. The summed E-state index contributed by atoms with van der Waals surface area (Å²) in [5.41, 5.74) is 0.515. The Kier molecular flexibility index (Phi) is 10.4. The van der Waals surface area contributed by atoms with Gasteiger partial charge in [-0.15, -0.1) is 0 Å². The molecule has 1 saturated heterocycles. The van der Waals surface area contributed by atoms with Crippen LogP contribution in [0.4, 0.5) is 26.9 Å². The van der Waals surface area contributed by atoms with Crippen molar-refractivity contribution in [2.45, 2.75) is 56.8 Å². The molecule has 270 valence electrons. The smallest absolute Gasteiger partial charge is 0.269 e. The van der Waals surface area contributed by atoms with E-state index in [1.165, 1.54) is 46.0 Å². The molecule has 0 radical (unpaired) electrons. The van der Waals surface area contributed by atoms with Gasteiger partial charge in [0.25, 0.3) is 11.6 Å². The molecule has 11 nitrogen and oxygen atoms in total. The molecule has 1 N–H and O–H groups in total. The minimum absolute atomic E-state index is 0.0306. The van der Waals surface area contributed by atoms with Gasteiger partial charge in [-0.3, -0.25) is 29.4 Å². The van der Waals surface area contributed by atoms with E-state index in [1.54, 1.807) is 37.3 Å². The summed E-state index contributed by atoms with van der Waals surface area (Å²) in [7, 11) is -3.67. The molecule has 0 unspecified atom stereocenters. The minimum atomic E-state index is -3.67. The first kappa shape index (κ1) is 36.5. The largest absolute Gasteiger partial charge is 0.395 e. The maximum absolute atomic E-state index is 16.5. The first-order chi connectivity index (χ1) is 24.9. The number of fused-ring (bicyclic) bond motifs is 2. The van der Waals surface area contributed by atoms with E-state index in [-0.39, 0.29) is 49.8 Å². The van der Waals surface area contributed by atoms with Gasteiger partial charge in [0.1, 0.15) is 0 Å². The van der Waals surface area contributed by atoms with Crippen LogP contribution < -0.4 is 9.80 Å². The molecule has 1 spiro atoms. The Hall–Kier alpha value is -5.24. The van der Waals surface area contributed by atoms with Crippen molar-refractivity contribution in [3.63, 3.8) is 0 Å². The van der Waals surface area contributed by atoms with E-state index in [9.17, 15) is 29.6 Å². The first-order valence-corrected chi connectivity index (χ1v) is 20.1. The zero-order valence-electron chi connectivity index (χ0n) is 29.2. The van der Waals surface area contributed by atoms with Crippen molar-refractivity contribution in [2.75, 3.05) is 23.0 Å². The number of halogens is 1. The normalized spacial score (nSPS) is 20.9. The lowest BCUT2D eigenvalue weighted by molar-refractivity contribution is -0.385. The molecule has 4 atom stereocenters. The molecule has 3 amide bonds. The van der Waals surface area contributed by atoms with Gasteiger partial charge in [-0.25, -0.2) is 0 Å². The molecule has 52 heavy (non-hydrogen) atoms. The topological polar surface area (TPSA) is 134 Å². The maximum Gasteiger partial charge on any atom is 0.269 e. The highest BCUT2D eigenvalue weighted by Gasteiger charge is 2.67. The second-order valence-electron chi connectivity index (χ2n) is 13.8. The molecule has 13 heteroatoms. The predicted octanol–water partition coefficient (Wildman–Crippen LogP) is 6.62. The van der Waals surface area contributed by atoms with E-state index in [2.05, 4.69) is 0 Å². The molecule has 4 aromatic rings. The van der Waals surface area contributed by atoms with Crippen molar-refractivity contribution in [3.8, 4) is 0 Å². The summed E-state index contributed by atoms with van der Waals surface area (Å²) < 4.78 is 23.2. The van der Waals surface area contributed by atoms with Crippen molar-refractivity contribution in [3.05, 3.63) is 130 Å². The number of hydrogen-bond acceptors (Lipinski definition) is 7. The fourth-order valence-corrected chi connectivity index (χ4v) is 10.4. The number of anilines is 3. The molecule has 1 fully saturated rings. The summed E-state index contributed by atoms with van der Waals surface area (Å²) in [6.45, 7) is 4.79. The van der Waals surface area contributed by atoms with Crippen LogP contribution in [0.5, 0.6) is 0 Å². The third-order valence-electron chi connectivity index (χ3n) is 10.1. The van der Waals surface area contributed by atoms with E-state index in [1.807, 2.05) is 54.6 Å². The van der Waals surface area contributed by atoms with E-state index >= 15 is 4.11 Å². The number of nitro groups is 1. The fraction of sp³-hybridized carbons (Fsp3) is 0.308. The van der Waals surface area contributed by atoms with Crippen LogP contribution in [-0.2, 0) is 37.8 Å². The number of amides is 3. The van der Waals surface area contributed by atoms with Crippen LogP contribution in [-0.4, -0.2) is 60.8 Å². The van der Waals surface area contributed by atoms with Gasteiger partial charge >= 0.3 is 0 Å². The molecule has 0 bridgehead atoms. The number of aliphatic hydroxyl groups excluding tert-OH is 1. The van der Waals surface area contributed by atoms with E-state index < -0.39 is 42.4 Å². The predicted molar refractivity (Wildman–Crippen MR) is 197 cm³/mol. The van der Waals surface area contributed by atoms with E-state index in [0.29, 0.717) is 29.0 Å². The summed E-state index contributed by atoms with van der Waals surface area (Å²) in [4.78, 5) is 56.9. The van der Waals surface area contributed by atoms with Crippen LogP contribution in [0, 0.1) is 16.0 Å². The van der Waals surface area contributed by atoms with Crippen molar-refractivity contribution in [1.29, 1.82) is 0 Å². The quantitative estimate of drug-likeness (QED) is 0.0539. The Morgan fingerprint density at radius 2 is 1.65 bits per heavy atom. The van der Waals surface area contributed by atoms with Gasteiger partial charge < -0.3 is 23.8 Å². The van der Waals surface area contributed by atoms with Crippen LogP contribution in [0.2, 0.25) is 18.6 Å². The molecule has 4 aromatic carbocycles. The summed E-state index contributed by atoms with van der Waals surface area (Å²) >= 11 is 0. The number of nitro benzene ring substituents is 1. The van der Waals surface area contributed by atoms with Gasteiger partial charge in [0, 0.05) is 53.6 Å². The van der Waals surface area contributed by atoms with Crippen molar-refractivity contribution >= 4 is 49.4 Å². The Labute approximate surface area is 302 Å². The van der Waals surface area contributed by atoms with Crippen LogP contribution in [0.3, 0.4) is 0 Å². The first-order valence-electron chi connectivity index (χ1n) is 17.2. The Bertz CT molecular complexity index is 1960. The summed E-state index contributed by atoms with van der Waals surface area (Å²) in [5.74, 6) is -1.66. The van der Waals surface area contributed by atoms with Gasteiger partial charge in [0.05, 0.1) is 36.3 Å². The van der Waals surface area contributed by atoms with Crippen LogP contribution >= 0.6 is 0 Å². The number of benzene rings is 4. The lowest BCUT2D eigenvalue weighted by Gasteiger charge is -2.31. The third kappa shape index (κ3) is 6.86. The number of carbonyl (C=O) groups is 3. The van der Waals surface area contributed by atoms with Gasteiger partial charge in [-0.2, -0.15) is 0 Å². The van der Waals surface area contributed by atoms with E-state index in [0.717, 1.165) is 5.56 Å². The maximum atomic E-state index is 16.5. The summed E-state index contributed by atoms with van der Waals surface area (Å²) in [6, 6.07) is 29.7. The average molecular weight is 725 g/mol. The number of para-hydroxylation sites is 1. The molecule has 2 aliphatic heterocycles. The number of aliphatic hydroxyl groups is 1. The number of hydrogen-bond donors (Lipinski definition) is 1. The molecule has 2 aliphatic rings. The Balaban J connectivity index is 1.37. The second kappa shape index (κ2) is 14.8. The molecule has 2 heterocycles. The standard InChI is InChI=1S/C39H41FN4O7Si/c1-27-37(52(2,3)40)35(23-36(47)41(19-20-45)24-28-11-6-4-7-12-28)51-39(27)33-22-32(44(49)50)17-18-34(33)42(38(39)48)25-29-13-10-16-31(21-29)43(26-46)30-14-8-5-9-15-30/h4-18,21-22,26-27,35,37,45H,19-20,23-25H2,1-3H3/t27-,35+,37-,39+/m0/s1. The number of ether oxygens (including phenoxy) is 1. The van der Waals surface area contributed by atoms with Crippen LogP contribution in [0.1, 0.15) is 30.0 Å². The number of rotatable bonds is 13. The number of non-ortho nitro benzene ring substituents is 1. The number of nitrogens with zero attached hydrogens (tertiary/aromatic N) is 4. The summed E-state index contributed by atoms with van der Waals surface area (Å²) in [5, 5.41) is 21.8. The molecular formula is C39H41FN4O7Si. The molecular weight excluding hydrogens is 684 g/mol. The Morgan fingerprint density at radius 3 is 2.29 bits per heavy atom. The van der Waals surface area contributed by atoms with Crippen molar-refractivity contribution in [2.24, 2.45) is 5.92 Å². The zero-order valence-corrected chi connectivity index (χ0v) is 30.2. The monoisotopic (exact) mass is 724 g/mol. The second-order valence-corrected chi connectivity index (χ2v) is 17.6. The fourth-order valence-electron chi connectivity index (χ4n) is 7.87. The number of carbonyl (C=O) groups excluding carboxylic acids is 3. The zero-order chi connectivity index (χ0) is 37.2. The third-order valence-corrected chi connectivity index (χ3v) is 12.6. The summed E-state index contributed by atoms with van der Waals surface area (Å²) in [6.07, 6.45) is -0.555. The van der Waals surface area contributed by atoms with Gasteiger partial charge in [-0.05, 0) is 54.6 Å². The average Bonchev–Trinajstić information content (AvgIpc) is 3.55. The lowest BCUT2D eigenvalue weighted by Crippen LogP contribution is -2.45. The minimum Gasteiger partial charge on any atom is -0.395 e.